The zero-order valence-electron chi connectivity index (χ0n) is 9.53. The Kier molecular flexibility index (Phi) is 4.13. The number of nitrogens with one attached hydrogen (secondary N) is 1. The van der Waals surface area contributed by atoms with Gasteiger partial charge in [0.2, 0.25) is 0 Å². The predicted molar refractivity (Wildman–Crippen MR) is 64.9 cm³/mol. The number of nitrogens with two attached hydrogens (primary N) is 1. The second-order valence-electron chi connectivity index (χ2n) is 3.84. The summed E-state index contributed by atoms with van der Waals surface area (Å²) in [6.07, 6.45) is 0. The molecule has 16 heavy (non-hydrogen) atoms. The van der Waals surface area contributed by atoms with Crippen LogP contribution >= 0.6 is 0 Å². The first-order chi connectivity index (χ1) is 7.50. The van der Waals surface area contributed by atoms with Crippen LogP contribution in [0.1, 0.15) is 10.4 Å². The summed E-state index contributed by atoms with van der Waals surface area (Å²) in [4.78, 5) is 12.8. The largest absolute Gasteiger partial charge is 0.478 e. The first kappa shape index (κ1) is 12.3. The molecule has 0 amide bonds. The Hall–Kier alpha value is -1.75. The Bertz CT molecular complexity index is 377. The molecule has 0 spiro atoms. The lowest BCUT2D eigenvalue weighted by molar-refractivity contribution is 0.0697. The molecule has 0 unspecified atom stereocenters. The van der Waals surface area contributed by atoms with Crippen molar-refractivity contribution in [2.75, 3.05) is 38.2 Å². The Morgan fingerprint density at radius 3 is 2.75 bits per heavy atom. The average Bonchev–Trinajstić information content (AvgIpc) is 2.20. The van der Waals surface area contributed by atoms with E-state index in [-0.39, 0.29) is 5.56 Å². The lowest BCUT2D eigenvalue weighted by atomic mass is 10.1. The van der Waals surface area contributed by atoms with Crippen LogP contribution in [0.25, 0.3) is 0 Å². The number of likely N-dealkylation sites (N-methyl/N-ethyl adjacent to an activating group) is 1. The fraction of sp³-hybridized carbons (Fsp3) is 0.364. The van der Waals surface area contributed by atoms with Crippen LogP contribution < -0.4 is 11.1 Å². The van der Waals surface area contributed by atoms with Crippen molar-refractivity contribution in [2.24, 2.45) is 0 Å². The molecule has 0 bridgehead atoms. The number of aromatic carboxylic acids is 1. The molecular weight excluding hydrogens is 206 g/mol. The maximum atomic E-state index is 10.8. The van der Waals surface area contributed by atoms with E-state index in [2.05, 4.69) is 5.32 Å². The van der Waals surface area contributed by atoms with Crippen molar-refractivity contribution in [1.82, 2.24) is 4.90 Å². The summed E-state index contributed by atoms with van der Waals surface area (Å²) >= 11 is 0. The first-order valence-electron chi connectivity index (χ1n) is 5.02. The molecule has 0 aliphatic carbocycles. The number of rotatable bonds is 5. The van der Waals surface area contributed by atoms with E-state index in [0.717, 1.165) is 13.1 Å². The molecule has 0 aromatic heterocycles. The van der Waals surface area contributed by atoms with Crippen molar-refractivity contribution in [2.45, 2.75) is 0 Å². The molecule has 5 heteroatoms. The smallest absolute Gasteiger partial charge is 0.335 e. The third-order valence-corrected chi connectivity index (χ3v) is 2.17. The van der Waals surface area contributed by atoms with Gasteiger partial charge < -0.3 is 21.1 Å². The van der Waals surface area contributed by atoms with E-state index in [1.807, 2.05) is 19.0 Å². The van der Waals surface area contributed by atoms with E-state index in [9.17, 15) is 4.79 Å². The van der Waals surface area contributed by atoms with Gasteiger partial charge in [0.15, 0.2) is 0 Å². The molecule has 1 aromatic carbocycles. The number of carboxylic acids is 1. The Morgan fingerprint density at radius 2 is 2.19 bits per heavy atom. The Balaban J connectivity index is 2.70. The van der Waals surface area contributed by atoms with Crippen molar-refractivity contribution in [3.8, 4) is 0 Å². The van der Waals surface area contributed by atoms with Crippen molar-refractivity contribution >= 4 is 17.3 Å². The van der Waals surface area contributed by atoms with Gasteiger partial charge >= 0.3 is 5.97 Å². The molecule has 0 heterocycles. The predicted octanol–water partition coefficient (Wildman–Crippen LogP) is 0.940. The van der Waals surface area contributed by atoms with Gasteiger partial charge in [-0.15, -0.1) is 0 Å². The highest BCUT2D eigenvalue weighted by Gasteiger charge is 2.06. The van der Waals surface area contributed by atoms with Crippen LogP contribution in [0.15, 0.2) is 18.2 Å². The number of hydrogen-bond acceptors (Lipinski definition) is 4. The van der Waals surface area contributed by atoms with E-state index < -0.39 is 5.97 Å². The van der Waals surface area contributed by atoms with Crippen LogP contribution in [-0.2, 0) is 0 Å². The fourth-order valence-electron chi connectivity index (χ4n) is 1.26. The zero-order valence-corrected chi connectivity index (χ0v) is 9.53. The molecule has 5 nitrogen and oxygen atoms in total. The Morgan fingerprint density at radius 1 is 1.50 bits per heavy atom. The molecule has 0 aliphatic rings. The summed E-state index contributed by atoms with van der Waals surface area (Å²) in [7, 11) is 3.94. The molecule has 1 aromatic rings. The summed E-state index contributed by atoms with van der Waals surface area (Å²) < 4.78 is 0. The molecule has 0 radical (unpaired) electrons. The molecule has 0 saturated heterocycles. The van der Waals surface area contributed by atoms with Crippen molar-refractivity contribution < 1.29 is 9.90 Å². The van der Waals surface area contributed by atoms with Crippen molar-refractivity contribution in [1.29, 1.82) is 0 Å². The maximum Gasteiger partial charge on any atom is 0.335 e. The summed E-state index contributed by atoms with van der Waals surface area (Å²) in [6, 6.07) is 4.64. The van der Waals surface area contributed by atoms with Gasteiger partial charge in [0.25, 0.3) is 0 Å². The maximum absolute atomic E-state index is 10.8. The Labute approximate surface area is 94.9 Å². The molecule has 0 aliphatic heterocycles. The molecule has 0 fully saturated rings. The van der Waals surface area contributed by atoms with Gasteiger partial charge in [-0.25, -0.2) is 4.79 Å². The average molecular weight is 223 g/mol. The molecular formula is C11H17N3O2. The van der Waals surface area contributed by atoms with Gasteiger partial charge in [0.1, 0.15) is 0 Å². The van der Waals surface area contributed by atoms with Crippen molar-refractivity contribution in [3.63, 3.8) is 0 Å². The highest BCUT2D eigenvalue weighted by atomic mass is 16.4. The summed E-state index contributed by atoms with van der Waals surface area (Å²) in [5.74, 6) is -0.948. The van der Waals surface area contributed by atoms with E-state index in [1.165, 1.54) is 6.07 Å². The standard InChI is InChI=1S/C11H17N3O2/c1-14(2)6-5-13-10-7-8(11(15)16)3-4-9(10)12/h3-4,7,13H,5-6,12H2,1-2H3,(H,15,16). The van der Waals surface area contributed by atoms with Crippen LogP contribution in [0.5, 0.6) is 0 Å². The lowest BCUT2D eigenvalue weighted by Crippen LogP contribution is -2.21. The zero-order chi connectivity index (χ0) is 12.1. The second kappa shape index (κ2) is 5.37. The number of anilines is 2. The van der Waals surface area contributed by atoms with Gasteiger partial charge in [-0.2, -0.15) is 0 Å². The van der Waals surface area contributed by atoms with Gasteiger partial charge in [-0.1, -0.05) is 0 Å². The number of nitrogen functional groups attached to an aromatic ring is 1. The highest BCUT2D eigenvalue weighted by molar-refractivity contribution is 5.90. The minimum absolute atomic E-state index is 0.238. The molecule has 88 valence electrons. The molecule has 1 rings (SSSR count). The summed E-state index contributed by atoms with van der Waals surface area (Å²) in [6.45, 7) is 1.58. The van der Waals surface area contributed by atoms with E-state index in [1.54, 1.807) is 12.1 Å². The van der Waals surface area contributed by atoms with Gasteiger partial charge in [-0.3, -0.25) is 0 Å². The molecule has 0 atom stereocenters. The lowest BCUT2D eigenvalue weighted by Gasteiger charge is -2.13. The minimum atomic E-state index is -0.948. The number of carboxylic acid groups (broad SMARTS) is 1. The van der Waals surface area contributed by atoms with Crippen LogP contribution in [0.4, 0.5) is 11.4 Å². The number of carbonyl (C=O) groups is 1. The number of nitrogens with zero attached hydrogens (tertiary/aromatic N) is 1. The van der Waals surface area contributed by atoms with Crippen LogP contribution in [0.3, 0.4) is 0 Å². The first-order valence-corrected chi connectivity index (χ1v) is 5.02. The highest BCUT2D eigenvalue weighted by Crippen LogP contribution is 2.19. The van der Waals surface area contributed by atoms with E-state index in [0.29, 0.717) is 11.4 Å². The monoisotopic (exact) mass is 223 g/mol. The molecule has 4 N–H and O–H groups in total. The van der Waals surface area contributed by atoms with Crippen molar-refractivity contribution in [3.05, 3.63) is 23.8 Å². The van der Waals surface area contributed by atoms with Crippen LogP contribution in [0.2, 0.25) is 0 Å². The van der Waals surface area contributed by atoms with Gasteiger partial charge in [0, 0.05) is 13.1 Å². The quantitative estimate of drug-likeness (QED) is 0.647. The van der Waals surface area contributed by atoms with E-state index in [4.69, 9.17) is 10.8 Å². The topological polar surface area (TPSA) is 78.6 Å². The fourth-order valence-corrected chi connectivity index (χ4v) is 1.26. The number of hydrogen-bond donors (Lipinski definition) is 3. The van der Waals surface area contributed by atoms with E-state index >= 15 is 0 Å². The molecule has 0 saturated carbocycles. The van der Waals surface area contributed by atoms with Crippen LogP contribution in [-0.4, -0.2) is 43.2 Å². The number of benzene rings is 1. The SMILES string of the molecule is CN(C)CCNc1cc(C(=O)O)ccc1N. The van der Waals surface area contributed by atoms with Gasteiger partial charge in [0.05, 0.1) is 16.9 Å². The van der Waals surface area contributed by atoms with Crippen LogP contribution in [0, 0.1) is 0 Å². The minimum Gasteiger partial charge on any atom is -0.478 e. The second-order valence-corrected chi connectivity index (χ2v) is 3.84. The van der Waals surface area contributed by atoms with Gasteiger partial charge in [-0.05, 0) is 32.3 Å². The summed E-state index contributed by atoms with van der Waals surface area (Å²) in [5.41, 5.74) is 7.20. The third-order valence-electron chi connectivity index (χ3n) is 2.17. The third kappa shape index (κ3) is 3.43. The summed E-state index contributed by atoms with van der Waals surface area (Å²) in [5, 5.41) is 11.9. The normalized spacial score (nSPS) is 10.4.